The summed E-state index contributed by atoms with van der Waals surface area (Å²) < 4.78 is 13.3. The van der Waals surface area contributed by atoms with Crippen molar-refractivity contribution in [1.29, 1.82) is 0 Å². The molecule has 0 aliphatic rings. The van der Waals surface area contributed by atoms with E-state index >= 15 is 0 Å². The molecule has 0 amide bonds. The third-order valence-electron chi connectivity index (χ3n) is 2.80. The van der Waals surface area contributed by atoms with E-state index in [9.17, 15) is 4.39 Å². The lowest BCUT2D eigenvalue weighted by atomic mass is 9.99. The number of hydrogen-bond donors (Lipinski definition) is 1. The third-order valence-corrected chi connectivity index (χ3v) is 3.13. The van der Waals surface area contributed by atoms with Gasteiger partial charge in [-0.2, -0.15) is 0 Å². The van der Waals surface area contributed by atoms with Crippen molar-refractivity contribution < 1.29 is 4.39 Å². The highest BCUT2D eigenvalue weighted by atomic mass is 35.5. The van der Waals surface area contributed by atoms with Crippen LogP contribution in [0.2, 0.25) is 5.02 Å². The Bertz CT molecular complexity index is 540. The van der Waals surface area contributed by atoms with Crippen molar-refractivity contribution in [1.82, 2.24) is 5.32 Å². The molecule has 2 aromatic carbocycles. The Balaban J connectivity index is 2.46. The minimum absolute atomic E-state index is 0.271. The Morgan fingerprint density at radius 2 is 1.89 bits per heavy atom. The van der Waals surface area contributed by atoms with Crippen LogP contribution in [0.25, 0.3) is 11.1 Å². The number of benzene rings is 2. The first kappa shape index (κ1) is 13.1. The Labute approximate surface area is 112 Å². The van der Waals surface area contributed by atoms with Crippen LogP contribution in [-0.4, -0.2) is 6.54 Å². The van der Waals surface area contributed by atoms with Crippen LogP contribution in [-0.2, 0) is 6.54 Å². The molecule has 0 aliphatic heterocycles. The fourth-order valence-electron chi connectivity index (χ4n) is 1.90. The first-order chi connectivity index (χ1) is 8.72. The minimum atomic E-state index is -0.271. The Kier molecular flexibility index (Phi) is 4.34. The molecule has 2 rings (SSSR count). The molecule has 0 radical (unpaired) electrons. The molecule has 0 bridgehead atoms. The number of nitrogens with one attached hydrogen (secondary N) is 1. The van der Waals surface area contributed by atoms with Crippen molar-refractivity contribution in [2.75, 3.05) is 6.54 Å². The van der Waals surface area contributed by atoms with E-state index in [2.05, 4.69) is 12.2 Å². The van der Waals surface area contributed by atoms with Crippen molar-refractivity contribution in [3.05, 3.63) is 58.9 Å². The second-order valence-corrected chi connectivity index (χ2v) is 4.47. The van der Waals surface area contributed by atoms with E-state index in [0.717, 1.165) is 29.8 Å². The van der Waals surface area contributed by atoms with Crippen molar-refractivity contribution in [3.63, 3.8) is 0 Å². The lowest BCUT2D eigenvalue weighted by Crippen LogP contribution is -2.12. The van der Waals surface area contributed by atoms with Gasteiger partial charge in [-0.3, -0.25) is 0 Å². The van der Waals surface area contributed by atoms with E-state index in [1.54, 1.807) is 6.07 Å². The second-order valence-electron chi connectivity index (χ2n) is 4.06. The standard InChI is InChI=1S/C15H15ClFN/c1-2-18-10-11-5-3-4-6-13(11)14-9-12(17)7-8-15(14)16/h3-9,18H,2,10H2,1H3. The van der Waals surface area contributed by atoms with E-state index in [0.29, 0.717) is 5.02 Å². The van der Waals surface area contributed by atoms with Crippen LogP contribution in [0.4, 0.5) is 4.39 Å². The van der Waals surface area contributed by atoms with Gasteiger partial charge in [0.05, 0.1) is 0 Å². The van der Waals surface area contributed by atoms with Crippen LogP contribution in [0.15, 0.2) is 42.5 Å². The monoisotopic (exact) mass is 263 g/mol. The van der Waals surface area contributed by atoms with Gasteiger partial charge in [0.1, 0.15) is 5.82 Å². The Hall–Kier alpha value is -1.38. The molecule has 0 atom stereocenters. The maximum absolute atomic E-state index is 13.3. The molecule has 3 heteroatoms. The zero-order valence-corrected chi connectivity index (χ0v) is 11.0. The highest BCUT2D eigenvalue weighted by Gasteiger charge is 2.09. The van der Waals surface area contributed by atoms with Crippen LogP contribution >= 0.6 is 11.6 Å². The molecular formula is C15H15ClFN. The molecule has 0 aromatic heterocycles. The molecule has 0 aliphatic carbocycles. The maximum atomic E-state index is 13.3. The number of rotatable bonds is 4. The van der Waals surface area contributed by atoms with Gasteiger partial charge in [-0.15, -0.1) is 0 Å². The zero-order valence-electron chi connectivity index (χ0n) is 10.2. The summed E-state index contributed by atoms with van der Waals surface area (Å²) in [7, 11) is 0. The quantitative estimate of drug-likeness (QED) is 0.869. The first-order valence-electron chi connectivity index (χ1n) is 5.96. The average Bonchev–Trinajstić information content (AvgIpc) is 2.39. The van der Waals surface area contributed by atoms with Crippen LogP contribution in [0.5, 0.6) is 0 Å². The van der Waals surface area contributed by atoms with E-state index in [1.165, 1.54) is 12.1 Å². The van der Waals surface area contributed by atoms with Gasteiger partial charge in [0.25, 0.3) is 0 Å². The van der Waals surface area contributed by atoms with E-state index in [1.807, 2.05) is 24.3 Å². The van der Waals surface area contributed by atoms with Gasteiger partial charge >= 0.3 is 0 Å². The molecule has 0 unspecified atom stereocenters. The Morgan fingerprint density at radius 3 is 2.67 bits per heavy atom. The van der Waals surface area contributed by atoms with E-state index < -0.39 is 0 Å². The lowest BCUT2D eigenvalue weighted by molar-refractivity contribution is 0.628. The highest BCUT2D eigenvalue weighted by molar-refractivity contribution is 6.33. The molecule has 0 heterocycles. The van der Waals surface area contributed by atoms with Crippen LogP contribution < -0.4 is 5.32 Å². The van der Waals surface area contributed by atoms with Gasteiger partial charge in [-0.05, 0) is 35.9 Å². The van der Waals surface area contributed by atoms with Crippen molar-refractivity contribution in [3.8, 4) is 11.1 Å². The zero-order chi connectivity index (χ0) is 13.0. The summed E-state index contributed by atoms with van der Waals surface area (Å²) in [5, 5.41) is 3.84. The fraction of sp³-hybridized carbons (Fsp3) is 0.200. The largest absolute Gasteiger partial charge is 0.313 e. The smallest absolute Gasteiger partial charge is 0.123 e. The van der Waals surface area contributed by atoms with E-state index in [4.69, 9.17) is 11.6 Å². The van der Waals surface area contributed by atoms with E-state index in [-0.39, 0.29) is 5.82 Å². The van der Waals surface area contributed by atoms with Crippen molar-refractivity contribution >= 4 is 11.6 Å². The fourth-order valence-corrected chi connectivity index (χ4v) is 2.12. The van der Waals surface area contributed by atoms with Gasteiger partial charge in [-0.25, -0.2) is 4.39 Å². The van der Waals surface area contributed by atoms with Crippen LogP contribution in [0.3, 0.4) is 0 Å². The second kappa shape index (κ2) is 5.98. The van der Waals surface area contributed by atoms with Gasteiger partial charge in [0.15, 0.2) is 0 Å². The number of halogens is 2. The predicted molar refractivity (Wildman–Crippen MR) is 74.2 cm³/mol. The first-order valence-corrected chi connectivity index (χ1v) is 6.34. The summed E-state index contributed by atoms with van der Waals surface area (Å²) in [6, 6.07) is 12.4. The maximum Gasteiger partial charge on any atom is 0.123 e. The Morgan fingerprint density at radius 1 is 1.11 bits per heavy atom. The molecule has 0 fully saturated rings. The SMILES string of the molecule is CCNCc1ccccc1-c1cc(F)ccc1Cl. The molecule has 1 N–H and O–H groups in total. The molecule has 0 saturated carbocycles. The summed E-state index contributed by atoms with van der Waals surface area (Å²) >= 11 is 6.15. The van der Waals surface area contributed by atoms with Gasteiger partial charge in [0.2, 0.25) is 0 Å². The average molecular weight is 264 g/mol. The molecule has 2 aromatic rings. The summed E-state index contributed by atoms with van der Waals surface area (Å²) in [6.07, 6.45) is 0. The van der Waals surface area contributed by atoms with Gasteiger partial charge in [-0.1, -0.05) is 42.8 Å². The lowest BCUT2D eigenvalue weighted by Gasteiger charge is -2.11. The molecule has 94 valence electrons. The molecule has 0 spiro atoms. The molecule has 18 heavy (non-hydrogen) atoms. The summed E-state index contributed by atoms with van der Waals surface area (Å²) in [4.78, 5) is 0. The topological polar surface area (TPSA) is 12.0 Å². The molecule has 0 saturated heterocycles. The summed E-state index contributed by atoms with van der Waals surface area (Å²) in [6.45, 7) is 3.70. The van der Waals surface area contributed by atoms with Crippen LogP contribution in [0.1, 0.15) is 12.5 Å². The minimum Gasteiger partial charge on any atom is -0.313 e. The number of hydrogen-bond acceptors (Lipinski definition) is 1. The molecular weight excluding hydrogens is 249 g/mol. The van der Waals surface area contributed by atoms with Gasteiger partial charge < -0.3 is 5.32 Å². The van der Waals surface area contributed by atoms with Crippen molar-refractivity contribution in [2.45, 2.75) is 13.5 Å². The highest BCUT2D eigenvalue weighted by Crippen LogP contribution is 2.31. The normalized spacial score (nSPS) is 10.6. The summed E-state index contributed by atoms with van der Waals surface area (Å²) in [5.74, 6) is -0.271. The molecule has 1 nitrogen and oxygen atoms in total. The van der Waals surface area contributed by atoms with Crippen molar-refractivity contribution in [2.24, 2.45) is 0 Å². The third kappa shape index (κ3) is 2.89. The van der Waals surface area contributed by atoms with Gasteiger partial charge in [0, 0.05) is 17.1 Å². The van der Waals surface area contributed by atoms with Crippen LogP contribution in [0, 0.1) is 5.82 Å². The summed E-state index contributed by atoms with van der Waals surface area (Å²) in [5.41, 5.74) is 2.83. The predicted octanol–water partition coefficient (Wildman–Crippen LogP) is 4.26.